The quantitative estimate of drug-likeness (QED) is 0.658. The number of hydrogen-bond acceptors (Lipinski definition) is 3. The minimum atomic E-state index is 0.648. The van der Waals surface area contributed by atoms with Crippen LogP contribution in [-0.2, 0) is 4.74 Å². The average Bonchev–Trinajstić information content (AvgIpc) is 2.43. The van der Waals surface area contributed by atoms with Crippen molar-refractivity contribution in [3.8, 4) is 0 Å². The number of nitrogens with one attached hydrogen (secondary N) is 1. The fourth-order valence-corrected chi connectivity index (χ4v) is 3.03. The molecule has 1 N–H and O–H groups in total. The summed E-state index contributed by atoms with van der Waals surface area (Å²) in [5.74, 6) is 1.52. The summed E-state index contributed by atoms with van der Waals surface area (Å²) in [6.45, 7) is 16.7. The standard InChI is InChI=1S/C17H36N2O/c1-6-9-20-10-8-19-13-17(15(5)7-2)18-12-16(19)11-14(3)4/h14-18H,6-13H2,1-5H3. The molecule has 1 rings (SSSR count). The SMILES string of the molecule is CCCOCCN1CC(C(C)CC)NCC1CC(C)C. The molecule has 0 bridgehead atoms. The van der Waals surface area contributed by atoms with E-state index >= 15 is 0 Å². The van der Waals surface area contributed by atoms with Gasteiger partial charge < -0.3 is 10.1 Å². The normalized spacial score (nSPS) is 26.1. The number of hydrogen-bond donors (Lipinski definition) is 1. The third-order valence-corrected chi connectivity index (χ3v) is 4.51. The Kier molecular flexibility index (Phi) is 8.74. The second-order valence-electron chi connectivity index (χ2n) is 6.79. The van der Waals surface area contributed by atoms with E-state index in [1.54, 1.807) is 0 Å². The predicted octanol–water partition coefficient (Wildman–Crippen LogP) is 3.15. The predicted molar refractivity (Wildman–Crippen MR) is 87.2 cm³/mol. The van der Waals surface area contributed by atoms with Gasteiger partial charge in [0.2, 0.25) is 0 Å². The van der Waals surface area contributed by atoms with Crippen LogP contribution in [-0.4, -0.2) is 49.8 Å². The summed E-state index contributed by atoms with van der Waals surface area (Å²) < 4.78 is 5.70. The maximum atomic E-state index is 5.70. The molecule has 3 nitrogen and oxygen atoms in total. The zero-order valence-electron chi connectivity index (χ0n) is 14.3. The van der Waals surface area contributed by atoms with Gasteiger partial charge in [0.25, 0.3) is 0 Å². The molecule has 0 aromatic carbocycles. The lowest BCUT2D eigenvalue weighted by Gasteiger charge is -2.43. The van der Waals surface area contributed by atoms with Crippen LogP contribution in [0.3, 0.4) is 0 Å². The van der Waals surface area contributed by atoms with Crippen molar-refractivity contribution in [1.82, 2.24) is 10.2 Å². The Labute approximate surface area is 126 Å². The fourth-order valence-electron chi connectivity index (χ4n) is 3.03. The highest BCUT2D eigenvalue weighted by Crippen LogP contribution is 2.19. The third kappa shape index (κ3) is 6.11. The van der Waals surface area contributed by atoms with E-state index in [4.69, 9.17) is 4.74 Å². The summed E-state index contributed by atoms with van der Waals surface area (Å²) in [4.78, 5) is 2.67. The lowest BCUT2D eigenvalue weighted by Crippen LogP contribution is -2.59. The molecule has 0 aliphatic carbocycles. The molecule has 0 radical (unpaired) electrons. The van der Waals surface area contributed by atoms with Crippen LogP contribution in [0.4, 0.5) is 0 Å². The number of piperazine rings is 1. The van der Waals surface area contributed by atoms with Gasteiger partial charge in [0, 0.05) is 38.3 Å². The summed E-state index contributed by atoms with van der Waals surface area (Å²) in [5.41, 5.74) is 0. The highest BCUT2D eigenvalue weighted by molar-refractivity contribution is 4.88. The molecule has 0 saturated carbocycles. The van der Waals surface area contributed by atoms with Crippen molar-refractivity contribution in [3.05, 3.63) is 0 Å². The monoisotopic (exact) mass is 284 g/mol. The molecule has 20 heavy (non-hydrogen) atoms. The molecule has 3 heteroatoms. The van der Waals surface area contributed by atoms with Gasteiger partial charge in [-0.25, -0.2) is 0 Å². The summed E-state index contributed by atoms with van der Waals surface area (Å²) in [6.07, 6.45) is 3.66. The molecule has 1 fully saturated rings. The first-order valence-electron chi connectivity index (χ1n) is 8.63. The van der Waals surface area contributed by atoms with Crippen molar-refractivity contribution >= 4 is 0 Å². The molecular formula is C17H36N2O. The summed E-state index contributed by atoms with van der Waals surface area (Å²) in [7, 11) is 0. The van der Waals surface area contributed by atoms with Crippen LogP contribution in [0.15, 0.2) is 0 Å². The summed E-state index contributed by atoms with van der Waals surface area (Å²) in [5, 5.41) is 3.77. The van der Waals surface area contributed by atoms with E-state index in [2.05, 4.69) is 44.8 Å². The van der Waals surface area contributed by atoms with Gasteiger partial charge in [-0.05, 0) is 24.7 Å². The topological polar surface area (TPSA) is 24.5 Å². The van der Waals surface area contributed by atoms with E-state index in [-0.39, 0.29) is 0 Å². The van der Waals surface area contributed by atoms with Gasteiger partial charge in [0.05, 0.1) is 6.61 Å². The van der Waals surface area contributed by atoms with Crippen molar-refractivity contribution in [1.29, 1.82) is 0 Å². The molecule has 3 atom stereocenters. The number of rotatable bonds is 9. The van der Waals surface area contributed by atoms with E-state index < -0.39 is 0 Å². The van der Waals surface area contributed by atoms with Crippen LogP contribution in [0, 0.1) is 11.8 Å². The Balaban J connectivity index is 2.48. The second-order valence-corrected chi connectivity index (χ2v) is 6.79. The van der Waals surface area contributed by atoms with Gasteiger partial charge in [-0.2, -0.15) is 0 Å². The Morgan fingerprint density at radius 3 is 2.55 bits per heavy atom. The van der Waals surface area contributed by atoms with Crippen LogP contribution >= 0.6 is 0 Å². The highest BCUT2D eigenvalue weighted by Gasteiger charge is 2.30. The summed E-state index contributed by atoms with van der Waals surface area (Å²) in [6, 6.07) is 1.33. The van der Waals surface area contributed by atoms with E-state index in [9.17, 15) is 0 Å². The number of ether oxygens (including phenoxy) is 1. The maximum Gasteiger partial charge on any atom is 0.0593 e. The molecule has 120 valence electrons. The second kappa shape index (κ2) is 9.75. The van der Waals surface area contributed by atoms with Crippen LogP contribution in [0.25, 0.3) is 0 Å². The third-order valence-electron chi connectivity index (χ3n) is 4.51. The molecule has 1 aliphatic heterocycles. The molecule has 1 aliphatic rings. The van der Waals surface area contributed by atoms with Gasteiger partial charge in [0.1, 0.15) is 0 Å². The van der Waals surface area contributed by atoms with Crippen molar-refractivity contribution in [2.75, 3.05) is 32.8 Å². The van der Waals surface area contributed by atoms with Crippen molar-refractivity contribution in [3.63, 3.8) is 0 Å². The van der Waals surface area contributed by atoms with E-state index in [1.807, 2.05) is 0 Å². The van der Waals surface area contributed by atoms with Crippen LogP contribution < -0.4 is 5.32 Å². The minimum absolute atomic E-state index is 0.648. The number of nitrogens with zero attached hydrogens (tertiary/aromatic N) is 1. The lowest BCUT2D eigenvalue weighted by molar-refractivity contribution is 0.0506. The lowest BCUT2D eigenvalue weighted by atomic mass is 9.93. The Hall–Kier alpha value is -0.120. The average molecular weight is 284 g/mol. The maximum absolute atomic E-state index is 5.70. The first-order chi connectivity index (χ1) is 9.58. The highest BCUT2D eigenvalue weighted by atomic mass is 16.5. The molecule has 1 heterocycles. The van der Waals surface area contributed by atoms with Gasteiger partial charge in [-0.1, -0.05) is 41.0 Å². The Morgan fingerprint density at radius 2 is 1.95 bits per heavy atom. The first kappa shape index (κ1) is 17.9. The van der Waals surface area contributed by atoms with Gasteiger partial charge in [-0.3, -0.25) is 4.90 Å². The Morgan fingerprint density at radius 1 is 1.20 bits per heavy atom. The molecule has 0 spiro atoms. The minimum Gasteiger partial charge on any atom is -0.380 e. The molecule has 3 unspecified atom stereocenters. The van der Waals surface area contributed by atoms with Crippen LogP contribution in [0.1, 0.15) is 53.9 Å². The van der Waals surface area contributed by atoms with Gasteiger partial charge in [0.15, 0.2) is 0 Å². The van der Waals surface area contributed by atoms with Crippen molar-refractivity contribution in [2.24, 2.45) is 11.8 Å². The van der Waals surface area contributed by atoms with Gasteiger partial charge >= 0.3 is 0 Å². The fraction of sp³-hybridized carbons (Fsp3) is 1.00. The van der Waals surface area contributed by atoms with E-state index in [1.165, 1.54) is 19.4 Å². The van der Waals surface area contributed by atoms with Crippen molar-refractivity contribution < 1.29 is 4.74 Å². The van der Waals surface area contributed by atoms with Crippen LogP contribution in [0.2, 0.25) is 0 Å². The first-order valence-corrected chi connectivity index (χ1v) is 8.63. The smallest absolute Gasteiger partial charge is 0.0593 e. The van der Waals surface area contributed by atoms with E-state index in [0.29, 0.717) is 12.1 Å². The molecule has 0 amide bonds. The molecule has 0 aromatic rings. The molecule has 1 saturated heterocycles. The zero-order valence-corrected chi connectivity index (χ0v) is 14.3. The largest absolute Gasteiger partial charge is 0.380 e. The molecule has 0 aromatic heterocycles. The summed E-state index contributed by atoms with van der Waals surface area (Å²) >= 11 is 0. The van der Waals surface area contributed by atoms with Crippen molar-refractivity contribution in [2.45, 2.75) is 66.0 Å². The zero-order chi connectivity index (χ0) is 15.0. The molecular weight excluding hydrogens is 248 g/mol. The Bertz CT molecular complexity index is 245. The van der Waals surface area contributed by atoms with Gasteiger partial charge in [-0.15, -0.1) is 0 Å². The van der Waals surface area contributed by atoms with E-state index in [0.717, 1.165) is 44.6 Å². The van der Waals surface area contributed by atoms with Crippen LogP contribution in [0.5, 0.6) is 0 Å².